The molecule has 7 heteroatoms. The number of amides is 3. The first kappa shape index (κ1) is 23.7. The minimum Gasteiger partial charge on any atom is -0.396 e. The highest BCUT2D eigenvalue weighted by atomic mass is 16.2. The Bertz CT molecular complexity index is 1190. The molecule has 2 aromatic carbocycles. The van der Waals surface area contributed by atoms with Crippen molar-refractivity contribution in [3.05, 3.63) is 48.0 Å². The monoisotopic (exact) mass is 461 g/mol. The summed E-state index contributed by atoms with van der Waals surface area (Å²) in [6, 6.07) is 13.9. The smallest absolute Gasteiger partial charge is 0.319 e. The molecule has 0 radical (unpaired) electrons. The fraction of sp³-hybridized carbons (Fsp3) is 0.407. The second-order valence-corrected chi connectivity index (χ2v) is 9.26. The summed E-state index contributed by atoms with van der Waals surface area (Å²) in [6.45, 7) is 9.17. The number of rotatable bonds is 7. The van der Waals surface area contributed by atoms with Gasteiger partial charge in [0.25, 0.3) is 5.91 Å². The van der Waals surface area contributed by atoms with Crippen LogP contribution in [-0.2, 0) is 0 Å². The van der Waals surface area contributed by atoms with E-state index in [1.807, 2.05) is 75.1 Å². The highest BCUT2D eigenvalue weighted by Crippen LogP contribution is 2.44. The van der Waals surface area contributed by atoms with Gasteiger partial charge in [-0.3, -0.25) is 4.79 Å². The van der Waals surface area contributed by atoms with Gasteiger partial charge in [0.1, 0.15) is 0 Å². The van der Waals surface area contributed by atoms with Gasteiger partial charge in [0.2, 0.25) is 0 Å². The molecule has 1 heterocycles. The van der Waals surface area contributed by atoms with Crippen LogP contribution in [0.25, 0.3) is 22.2 Å². The molecule has 0 bridgehead atoms. The van der Waals surface area contributed by atoms with Gasteiger partial charge >= 0.3 is 6.03 Å². The van der Waals surface area contributed by atoms with E-state index in [-0.39, 0.29) is 18.0 Å². The number of nitrogens with two attached hydrogens (primary N) is 1. The Balaban J connectivity index is 1.74. The van der Waals surface area contributed by atoms with Gasteiger partial charge in [-0.1, -0.05) is 12.1 Å². The number of carbonyl (C=O) groups is 2. The molecule has 0 unspecified atom stereocenters. The number of anilines is 2. The molecule has 34 heavy (non-hydrogen) atoms. The van der Waals surface area contributed by atoms with E-state index in [9.17, 15) is 9.59 Å². The molecule has 1 aliphatic carbocycles. The molecule has 7 nitrogen and oxygen atoms in total. The fourth-order valence-electron chi connectivity index (χ4n) is 4.63. The summed E-state index contributed by atoms with van der Waals surface area (Å²) in [5.74, 6) is 0.0272. The lowest BCUT2D eigenvalue weighted by Gasteiger charge is -2.30. The number of benzene rings is 2. The quantitative estimate of drug-likeness (QED) is 0.426. The predicted molar refractivity (Wildman–Crippen MR) is 139 cm³/mol. The number of nitrogens with zero attached hydrogens (tertiary/aromatic N) is 2. The second-order valence-electron chi connectivity index (χ2n) is 9.26. The van der Waals surface area contributed by atoms with Crippen molar-refractivity contribution in [2.75, 3.05) is 24.1 Å². The zero-order valence-corrected chi connectivity index (χ0v) is 20.5. The molecule has 0 spiro atoms. The number of urea groups is 1. The van der Waals surface area contributed by atoms with E-state index in [1.54, 1.807) is 0 Å². The summed E-state index contributed by atoms with van der Waals surface area (Å²) in [7, 11) is 0. The Kier molecular flexibility index (Phi) is 6.82. The Morgan fingerprint density at radius 2 is 1.76 bits per heavy atom. The van der Waals surface area contributed by atoms with Gasteiger partial charge in [0.15, 0.2) is 0 Å². The lowest BCUT2D eigenvalue weighted by atomic mass is 9.92. The van der Waals surface area contributed by atoms with E-state index in [0.717, 1.165) is 40.7 Å². The minimum absolute atomic E-state index is 0.0272. The SMILES string of the molecule is CCN(CC)C(=O)c1ccc2c(c1)c(N)c(-c1ccc(NC(=O)NC(C)C)cc1)n2C1CCC1. The molecule has 4 N–H and O–H groups in total. The lowest BCUT2D eigenvalue weighted by Crippen LogP contribution is -2.34. The van der Waals surface area contributed by atoms with Crippen molar-refractivity contribution < 1.29 is 9.59 Å². The topological polar surface area (TPSA) is 92.4 Å². The molecular formula is C27H35N5O2. The molecule has 4 rings (SSSR count). The third kappa shape index (κ3) is 4.47. The van der Waals surface area contributed by atoms with Gasteiger partial charge in [-0.15, -0.1) is 0 Å². The summed E-state index contributed by atoms with van der Waals surface area (Å²) >= 11 is 0. The van der Waals surface area contributed by atoms with Crippen molar-refractivity contribution >= 4 is 34.2 Å². The van der Waals surface area contributed by atoms with Crippen LogP contribution in [0.5, 0.6) is 0 Å². The summed E-state index contributed by atoms with van der Waals surface area (Å²) < 4.78 is 2.34. The van der Waals surface area contributed by atoms with Crippen molar-refractivity contribution in [1.29, 1.82) is 0 Å². The average molecular weight is 462 g/mol. The number of nitrogen functional groups attached to an aromatic ring is 1. The van der Waals surface area contributed by atoms with Crippen LogP contribution in [0.15, 0.2) is 42.5 Å². The second kappa shape index (κ2) is 9.79. The third-order valence-corrected chi connectivity index (χ3v) is 6.62. The predicted octanol–water partition coefficient (Wildman–Crippen LogP) is 5.63. The van der Waals surface area contributed by atoms with Crippen molar-refractivity contribution in [3.63, 3.8) is 0 Å². The van der Waals surface area contributed by atoms with Crippen LogP contribution in [0.1, 0.15) is 63.4 Å². The van der Waals surface area contributed by atoms with E-state index in [0.29, 0.717) is 30.4 Å². The standard InChI is InChI=1S/C27H35N5O2/c1-5-31(6-2)26(33)19-12-15-23-22(16-19)24(28)25(32(23)21-8-7-9-21)18-10-13-20(14-11-18)30-27(34)29-17(3)4/h10-17,21H,5-9,28H2,1-4H3,(H2,29,30,34). The van der Waals surface area contributed by atoms with Gasteiger partial charge < -0.3 is 25.8 Å². The summed E-state index contributed by atoms with van der Waals surface area (Å²) in [5.41, 5.74) is 11.9. The Morgan fingerprint density at radius 1 is 1.09 bits per heavy atom. The maximum absolute atomic E-state index is 13.0. The van der Waals surface area contributed by atoms with Crippen LogP contribution in [0, 0.1) is 0 Å². The number of fused-ring (bicyclic) bond motifs is 1. The number of hydrogen-bond donors (Lipinski definition) is 3. The number of nitrogens with one attached hydrogen (secondary N) is 2. The zero-order chi connectivity index (χ0) is 24.4. The van der Waals surface area contributed by atoms with Gasteiger partial charge in [-0.25, -0.2) is 4.79 Å². The first-order valence-electron chi connectivity index (χ1n) is 12.2. The van der Waals surface area contributed by atoms with Crippen LogP contribution < -0.4 is 16.4 Å². The normalized spacial score (nSPS) is 13.7. The van der Waals surface area contributed by atoms with Crippen molar-refractivity contribution in [2.45, 2.75) is 59.0 Å². The Morgan fingerprint density at radius 3 is 2.32 bits per heavy atom. The van der Waals surface area contributed by atoms with Gasteiger partial charge in [0.05, 0.1) is 16.9 Å². The maximum Gasteiger partial charge on any atom is 0.319 e. The average Bonchev–Trinajstić information content (AvgIpc) is 3.05. The van der Waals surface area contributed by atoms with E-state index >= 15 is 0 Å². The van der Waals surface area contributed by atoms with Crippen molar-refractivity contribution in [3.8, 4) is 11.3 Å². The maximum atomic E-state index is 13.0. The molecule has 1 saturated carbocycles. The van der Waals surface area contributed by atoms with Gasteiger partial charge in [-0.05, 0) is 77.3 Å². The largest absolute Gasteiger partial charge is 0.396 e. The third-order valence-electron chi connectivity index (χ3n) is 6.62. The molecule has 0 saturated heterocycles. The molecular weight excluding hydrogens is 426 g/mol. The molecule has 180 valence electrons. The minimum atomic E-state index is -0.226. The highest BCUT2D eigenvalue weighted by Gasteiger charge is 2.27. The van der Waals surface area contributed by atoms with E-state index in [4.69, 9.17) is 5.73 Å². The molecule has 3 aromatic rings. The van der Waals surface area contributed by atoms with Gasteiger partial charge in [0, 0.05) is 47.4 Å². The molecule has 1 aliphatic rings. The summed E-state index contributed by atoms with van der Waals surface area (Å²) in [4.78, 5) is 26.8. The van der Waals surface area contributed by atoms with E-state index < -0.39 is 0 Å². The van der Waals surface area contributed by atoms with Crippen LogP contribution >= 0.6 is 0 Å². The Hall–Kier alpha value is -3.48. The highest BCUT2D eigenvalue weighted by molar-refractivity contribution is 6.05. The zero-order valence-electron chi connectivity index (χ0n) is 20.5. The molecule has 1 aromatic heterocycles. The fourth-order valence-corrected chi connectivity index (χ4v) is 4.63. The van der Waals surface area contributed by atoms with Crippen LogP contribution in [-0.4, -0.2) is 40.5 Å². The molecule has 0 atom stereocenters. The van der Waals surface area contributed by atoms with E-state index in [1.165, 1.54) is 6.42 Å². The van der Waals surface area contributed by atoms with Crippen molar-refractivity contribution in [1.82, 2.24) is 14.8 Å². The molecule has 1 fully saturated rings. The van der Waals surface area contributed by atoms with Crippen LogP contribution in [0.3, 0.4) is 0 Å². The Labute approximate surface area is 201 Å². The summed E-state index contributed by atoms with van der Waals surface area (Å²) in [6.07, 6.45) is 3.44. The summed E-state index contributed by atoms with van der Waals surface area (Å²) in [5, 5.41) is 6.61. The molecule has 3 amide bonds. The first-order valence-corrected chi connectivity index (χ1v) is 12.2. The number of carbonyl (C=O) groups excluding carboxylic acids is 2. The molecule has 0 aliphatic heterocycles. The number of aromatic nitrogens is 1. The van der Waals surface area contributed by atoms with Gasteiger partial charge in [-0.2, -0.15) is 0 Å². The van der Waals surface area contributed by atoms with E-state index in [2.05, 4.69) is 15.2 Å². The lowest BCUT2D eigenvalue weighted by molar-refractivity contribution is 0.0773. The first-order chi connectivity index (χ1) is 16.3. The van der Waals surface area contributed by atoms with Crippen LogP contribution in [0.4, 0.5) is 16.2 Å². The number of hydrogen-bond acceptors (Lipinski definition) is 3. The van der Waals surface area contributed by atoms with Crippen LogP contribution in [0.2, 0.25) is 0 Å². The van der Waals surface area contributed by atoms with Crippen molar-refractivity contribution in [2.24, 2.45) is 0 Å².